The van der Waals surface area contributed by atoms with E-state index < -0.39 is 0 Å². The summed E-state index contributed by atoms with van der Waals surface area (Å²) in [5.41, 5.74) is 1.67. The van der Waals surface area contributed by atoms with Crippen LogP contribution in [0.1, 0.15) is 42.5 Å². The molecule has 144 valence electrons. The van der Waals surface area contributed by atoms with Crippen molar-refractivity contribution in [3.63, 3.8) is 0 Å². The van der Waals surface area contributed by atoms with Crippen LogP contribution in [0.3, 0.4) is 0 Å². The van der Waals surface area contributed by atoms with E-state index in [4.69, 9.17) is 20.4 Å². The first kappa shape index (κ1) is 18.5. The van der Waals surface area contributed by atoms with Gasteiger partial charge in [0.05, 0.1) is 19.1 Å². The predicted octanol–water partition coefficient (Wildman–Crippen LogP) is 4.55. The van der Waals surface area contributed by atoms with Crippen molar-refractivity contribution in [3.05, 3.63) is 83.2 Å². The molecule has 0 radical (unpaired) electrons. The van der Waals surface area contributed by atoms with E-state index in [2.05, 4.69) is 10.4 Å². The van der Waals surface area contributed by atoms with Crippen molar-refractivity contribution >= 4 is 23.2 Å². The van der Waals surface area contributed by atoms with E-state index in [-0.39, 0.29) is 24.5 Å². The van der Waals surface area contributed by atoms with Gasteiger partial charge in [-0.3, -0.25) is 4.79 Å². The van der Waals surface area contributed by atoms with Crippen LogP contribution in [0.5, 0.6) is 0 Å². The van der Waals surface area contributed by atoms with Gasteiger partial charge < -0.3 is 14.2 Å². The normalized spacial score (nSPS) is 17.6. The molecule has 1 aliphatic heterocycles. The Balaban J connectivity index is 1.49. The van der Waals surface area contributed by atoms with Crippen LogP contribution in [0, 0.1) is 0 Å². The molecule has 0 spiro atoms. The van der Waals surface area contributed by atoms with Crippen molar-refractivity contribution < 1.29 is 13.6 Å². The molecule has 1 amide bonds. The van der Waals surface area contributed by atoms with Crippen molar-refractivity contribution in [1.82, 2.24) is 10.3 Å². The monoisotopic (exact) mass is 397 g/mol. The zero-order valence-electron chi connectivity index (χ0n) is 15.3. The molecule has 4 rings (SSSR count). The van der Waals surface area contributed by atoms with Gasteiger partial charge >= 0.3 is 0 Å². The molecule has 0 bridgehead atoms. The maximum absolute atomic E-state index is 12.9. The summed E-state index contributed by atoms with van der Waals surface area (Å²) in [6, 6.07) is 14.5. The average Bonchev–Trinajstić information content (AvgIpc) is 3.46. The molecule has 0 fully saturated rings. The van der Waals surface area contributed by atoms with Crippen LogP contribution in [0.4, 0.5) is 0 Å². The Kier molecular flexibility index (Phi) is 5.32. The van der Waals surface area contributed by atoms with E-state index in [1.54, 1.807) is 24.7 Å². The highest BCUT2D eigenvalue weighted by atomic mass is 35.5. The summed E-state index contributed by atoms with van der Waals surface area (Å²) in [5.74, 6) is 1.20. The first-order valence-electron chi connectivity index (χ1n) is 9.08. The van der Waals surface area contributed by atoms with Crippen LogP contribution < -0.4 is 5.32 Å². The lowest BCUT2D eigenvalue weighted by Gasteiger charge is -2.22. The van der Waals surface area contributed by atoms with Gasteiger partial charge in [-0.2, -0.15) is 5.10 Å². The quantitative estimate of drug-likeness (QED) is 0.662. The molecule has 2 unspecified atom stereocenters. The van der Waals surface area contributed by atoms with E-state index in [0.717, 1.165) is 11.3 Å². The zero-order valence-corrected chi connectivity index (χ0v) is 16.1. The Morgan fingerprint density at radius 1 is 1.21 bits per heavy atom. The highest BCUT2D eigenvalue weighted by Crippen LogP contribution is 2.33. The third-order valence-corrected chi connectivity index (χ3v) is 5.12. The van der Waals surface area contributed by atoms with E-state index in [1.165, 1.54) is 5.01 Å². The minimum Gasteiger partial charge on any atom is -0.467 e. The van der Waals surface area contributed by atoms with Gasteiger partial charge in [0.25, 0.3) is 5.91 Å². The van der Waals surface area contributed by atoms with Gasteiger partial charge in [0.15, 0.2) is 0 Å². The maximum atomic E-state index is 12.9. The minimum atomic E-state index is -0.292. The Labute approximate surface area is 167 Å². The highest BCUT2D eigenvalue weighted by Gasteiger charge is 2.35. The summed E-state index contributed by atoms with van der Waals surface area (Å²) in [6.07, 6.45) is 3.73. The SMILES string of the molecule is CC(NCC(=O)N1N=C(c2ccco2)CC1c1ccco1)c1ccccc1Cl. The Hall–Kier alpha value is -2.83. The van der Waals surface area contributed by atoms with Crippen LogP contribution in [-0.2, 0) is 4.79 Å². The van der Waals surface area contributed by atoms with E-state index >= 15 is 0 Å². The van der Waals surface area contributed by atoms with Gasteiger partial charge in [0.1, 0.15) is 23.3 Å². The maximum Gasteiger partial charge on any atom is 0.257 e. The van der Waals surface area contributed by atoms with E-state index in [1.807, 2.05) is 43.3 Å². The number of hydrazone groups is 1. The zero-order chi connectivity index (χ0) is 19.5. The van der Waals surface area contributed by atoms with Crippen LogP contribution in [0.25, 0.3) is 0 Å². The number of nitrogens with one attached hydrogen (secondary N) is 1. The molecule has 1 N–H and O–H groups in total. The highest BCUT2D eigenvalue weighted by molar-refractivity contribution is 6.31. The van der Waals surface area contributed by atoms with Crippen LogP contribution >= 0.6 is 11.6 Å². The van der Waals surface area contributed by atoms with E-state index in [0.29, 0.717) is 23.0 Å². The lowest BCUT2D eigenvalue weighted by molar-refractivity contribution is -0.132. The van der Waals surface area contributed by atoms with Gasteiger partial charge in [-0.15, -0.1) is 0 Å². The molecule has 7 heteroatoms. The summed E-state index contributed by atoms with van der Waals surface area (Å²) in [6.45, 7) is 2.10. The van der Waals surface area contributed by atoms with Crippen molar-refractivity contribution in [2.75, 3.05) is 6.54 Å². The molecule has 2 aromatic heterocycles. The van der Waals surface area contributed by atoms with Gasteiger partial charge in [-0.25, -0.2) is 5.01 Å². The number of benzene rings is 1. The molecular weight excluding hydrogens is 378 g/mol. The minimum absolute atomic E-state index is 0.0733. The molecule has 0 saturated carbocycles. The Bertz CT molecular complexity index is 967. The molecule has 3 heterocycles. The third kappa shape index (κ3) is 3.74. The molecule has 3 aromatic rings. The van der Waals surface area contributed by atoms with Crippen molar-refractivity contribution in [1.29, 1.82) is 0 Å². The number of amides is 1. The molecule has 0 saturated heterocycles. The number of halogens is 1. The molecule has 1 aliphatic rings. The number of nitrogens with zero attached hydrogens (tertiary/aromatic N) is 2. The molecule has 1 aromatic carbocycles. The second-order valence-corrected chi connectivity index (χ2v) is 7.03. The Morgan fingerprint density at radius 2 is 2.00 bits per heavy atom. The summed E-state index contributed by atoms with van der Waals surface area (Å²) in [7, 11) is 0. The van der Waals surface area contributed by atoms with Crippen molar-refractivity contribution in [3.8, 4) is 0 Å². The summed E-state index contributed by atoms with van der Waals surface area (Å²) >= 11 is 6.25. The van der Waals surface area contributed by atoms with E-state index in [9.17, 15) is 4.79 Å². The number of hydrogen-bond acceptors (Lipinski definition) is 5. The molecule has 0 aliphatic carbocycles. The Morgan fingerprint density at radius 3 is 2.71 bits per heavy atom. The standard InChI is InChI=1S/C21H20ClN3O3/c1-14(15-6-2-3-7-16(15)22)23-13-21(26)25-18(20-9-5-11-28-20)12-17(24-25)19-8-4-10-27-19/h2-11,14,18,23H,12-13H2,1H3. The molecule has 2 atom stereocenters. The van der Waals surface area contributed by atoms with Crippen LogP contribution in [-0.4, -0.2) is 23.2 Å². The van der Waals surface area contributed by atoms with Gasteiger partial charge in [0, 0.05) is 17.5 Å². The van der Waals surface area contributed by atoms with Gasteiger partial charge in [-0.1, -0.05) is 29.8 Å². The third-order valence-electron chi connectivity index (χ3n) is 4.77. The number of carbonyl (C=O) groups is 1. The number of hydrogen-bond donors (Lipinski definition) is 1. The van der Waals surface area contributed by atoms with Gasteiger partial charge in [-0.05, 0) is 42.8 Å². The van der Waals surface area contributed by atoms with Crippen LogP contribution in [0.15, 0.2) is 75.0 Å². The van der Waals surface area contributed by atoms with Crippen molar-refractivity contribution in [2.24, 2.45) is 5.10 Å². The number of rotatable bonds is 6. The predicted molar refractivity (Wildman–Crippen MR) is 106 cm³/mol. The van der Waals surface area contributed by atoms with Crippen LogP contribution in [0.2, 0.25) is 5.02 Å². The molecular formula is C21H20ClN3O3. The summed E-state index contributed by atoms with van der Waals surface area (Å²) in [4.78, 5) is 12.9. The number of carbonyl (C=O) groups excluding carboxylic acids is 1. The fraction of sp³-hybridized carbons (Fsp3) is 0.238. The first-order valence-corrected chi connectivity index (χ1v) is 9.46. The van der Waals surface area contributed by atoms with Crippen molar-refractivity contribution in [2.45, 2.75) is 25.4 Å². The largest absolute Gasteiger partial charge is 0.467 e. The second-order valence-electron chi connectivity index (χ2n) is 6.62. The smallest absolute Gasteiger partial charge is 0.257 e. The summed E-state index contributed by atoms with van der Waals surface area (Å²) in [5, 5.41) is 9.89. The van der Waals surface area contributed by atoms with Gasteiger partial charge in [0.2, 0.25) is 0 Å². The topological polar surface area (TPSA) is 71.0 Å². The summed E-state index contributed by atoms with van der Waals surface area (Å²) < 4.78 is 11.0. The number of furan rings is 2. The fourth-order valence-corrected chi connectivity index (χ4v) is 3.59. The average molecular weight is 398 g/mol. The molecule has 6 nitrogen and oxygen atoms in total. The molecule has 28 heavy (non-hydrogen) atoms. The first-order chi connectivity index (χ1) is 13.6. The lowest BCUT2D eigenvalue weighted by atomic mass is 10.1. The second kappa shape index (κ2) is 8.04. The fourth-order valence-electron chi connectivity index (χ4n) is 3.29. The lowest BCUT2D eigenvalue weighted by Crippen LogP contribution is -2.36.